The molecule has 0 spiro atoms. The van der Waals surface area contributed by atoms with Crippen molar-refractivity contribution in [3.63, 3.8) is 0 Å². The van der Waals surface area contributed by atoms with Crippen LogP contribution >= 0.6 is 0 Å². The molecule has 2 nitrogen and oxygen atoms in total. The lowest BCUT2D eigenvalue weighted by molar-refractivity contribution is -0.671. The van der Waals surface area contributed by atoms with Crippen LogP contribution in [0.25, 0.3) is 0 Å². The zero-order chi connectivity index (χ0) is 7.56. The van der Waals surface area contributed by atoms with Crippen molar-refractivity contribution in [3.8, 4) is 0 Å². The van der Waals surface area contributed by atoms with Crippen LogP contribution in [0.15, 0.2) is 24.5 Å². The third-order valence-electron chi connectivity index (χ3n) is 1.38. The number of rotatable bonds is 1. The molecule has 1 aromatic heterocycles. The number of aromatic nitrogens is 1. The van der Waals surface area contributed by atoms with Gasteiger partial charge in [-0.3, -0.25) is 4.79 Å². The van der Waals surface area contributed by atoms with Crippen molar-refractivity contribution < 1.29 is 10.8 Å². The van der Waals surface area contributed by atoms with Gasteiger partial charge in [-0.15, -0.1) is 0 Å². The third-order valence-corrected chi connectivity index (χ3v) is 1.38. The number of Topliss-reactive ketones (excluding diaryl/α,β-unsaturated/α-hetero) is 1. The molecule has 52 valence electrons. The number of pyridine rings is 1. The Hall–Kier alpha value is -1.18. The van der Waals surface area contributed by atoms with Crippen molar-refractivity contribution in [3.05, 3.63) is 30.1 Å². The Bertz CT molecular complexity index is 243. The summed E-state index contributed by atoms with van der Waals surface area (Å²) in [6.45, 7) is 1.56. The average Bonchev–Trinajstić information content (AvgIpc) is 1.88. The largest absolute Gasteiger partial charge is 1.00 e. The van der Waals surface area contributed by atoms with Gasteiger partial charge in [0.15, 0.2) is 18.2 Å². The van der Waals surface area contributed by atoms with Crippen LogP contribution in [-0.2, 0) is 7.05 Å². The maximum absolute atomic E-state index is 10.7. The molecule has 0 aromatic carbocycles. The minimum absolute atomic E-state index is 0. The predicted molar refractivity (Wildman–Crippen MR) is 38.7 cm³/mol. The van der Waals surface area contributed by atoms with Gasteiger partial charge in [-0.2, -0.15) is 0 Å². The summed E-state index contributed by atoms with van der Waals surface area (Å²) in [5.74, 6) is 0.112. The number of hydrogen-bond acceptors (Lipinski definition) is 1. The van der Waals surface area contributed by atoms with Gasteiger partial charge < -0.3 is 0 Å². The Kier molecular flexibility index (Phi) is 1.81. The number of nitrogens with zero attached hydrogens (tertiary/aromatic N) is 1. The van der Waals surface area contributed by atoms with Gasteiger partial charge in [0, 0.05) is 17.7 Å². The van der Waals surface area contributed by atoms with Crippen LogP contribution in [0.3, 0.4) is 0 Å². The highest BCUT2D eigenvalue weighted by atomic mass is 16.1. The van der Waals surface area contributed by atoms with Crippen molar-refractivity contribution >= 4 is 5.78 Å². The van der Waals surface area contributed by atoms with Crippen LogP contribution in [0.5, 0.6) is 0 Å². The molecule has 0 aliphatic carbocycles. The second-order valence-corrected chi connectivity index (χ2v) is 2.31. The fourth-order valence-electron chi connectivity index (χ4n) is 0.736. The Labute approximate surface area is 61.6 Å². The van der Waals surface area contributed by atoms with Gasteiger partial charge >= 0.3 is 1.43 Å². The molecule has 1 rings (SSSR count). The summed E-state index contributed by atoms with van der Waals surface area (Å²) < 4.78 is 1.90. The third kappa shape index (κ3) is 1.41. The van der Waals surface area contributed by atoms with E-state index in [1.54, 1.807) is 6.92 Å². The Morgan fingerprint density at radius 3 is 2.40 bits per heavy atom. The van der Waals surface area contributed by atoms with Crippen molar-refractivity contribution in [2.75, 3.05) is 0 Å². The molecule has 0 saturated carbocycles. The van der Waals surface area contributed by atoms with Gasteiger partial charge in [0.05, 0.1) is 0 Å². The highest BCUT2D eigenvalue weighted by Gasteiger charge is 1.98. The minimum Gasteiger partial charge on any atom is -0.295 e. The van der Waals surface area contributed by atoms with Gasteiger partial charge in [-0.25, -0.2) is 4.57 Å². The first-order chi connectivity index (χ1) is 4.70. The molecule has 0 bridgehead atoms. The molecule has 1 aromatic rings. The molecule has 0 unspecified atom stereocenters. The minimum atomic E-state index is 0. The van der Waals surface area contributed by atoms with Crippen LogP contribution in [-0.4, -0.2) is 5.78 Å². The highest BCUT2D eigenvalue weighted by molar-refractivity contribution is 5.93. The summed E-state index contributed by atoms with van der Waals surface area (Å²) in [5.41, 5.74) is 0.762. The standard InChI is InChI=1S/C8H10NO/c1-7(10)8-3-5-9(2)6-4-8/h3-6H,1-2H3/q+1/p+1. The average molecular weight is 137 g/mol. The highest BCUT2D eigenvalue weighted by Crippen LogP contribution is 1.94. The van der Waals surface area contributed by atoms with E-state index in [0.717, 1.165) is 5.56 Å². The number of hydrogen-bond donors (Lipinski definition) is 0. The molecule has 0 aliphatic heterocycles. The van der Waals surface area contributed by atoms with Crippen LogP contribution in [0.1, 0.15) is 18.7 Å². The normalized spacial score (nSPS) is 9.40. The zero-order valence-corrected chi connectivity index (χ0v) is 6.16. The van der Waals surface area contributed by atoms with E-state index < -0.39 is 0 Å². The van der Waals surface area contributed by atoms with Crippen LogP contribution in [0.2, 0.25) is 0 Å². The van der Waals surface area contributed by atoms with Gasteiger partial charge in [0.25, 0.3) is 0 Å². The molecule has 0 amide bonds. The van der Waals surface area contributed by atoms with E-state index in [4.69, 9.17) is 0 Å². The van der Waals surface area contributed by atoms with E-state index in [1.807, 2.05) is 36.1 Å². The van der Waals surface area contributed by atoms with Crippen molar-refractivity contribution in [2.45, 2.75) is 6.92 Å². The number of carbonyl (C=O) groups is 1. The lowest BCUT2D eigenvalue weighted by Crippen LogP contribution is -2.26. The van der Waals surface area contributed by atoms with Gasteiger partial charge in [0.1, 0.15) is 7.05 Å². The van der Waals surface area contributed by atoms with Crippen molar-refractivity contribution in [1.29, 1.82) is 0 Å². The van der Waals surface area contributed by atoms with Crippen molar-refractivity contribution in [2.24, 2.45) is 7.05 Å². The lowest BCUT2D eigenvalue weighted by atomic mass is 10.2. The molecule has 0 radical (unpaired) electrons. The molecule has 0 atom stereocenters. The SMILES string of the molecule is CC(=O)c1cc[n+](C)cc1.[H+]. The Morgan fingerprint density at radius 2 is 2.00 bits per heavy atom. The molecule has 0 fully saturated rings. The first kappa shape index (κ1) is 6.93. The topological polar surface area (TPSA) is 20.9 Å². The quantitative estimate of drug-likeness (QED) is 0.415. The van der Waals surface area contributed by atoms with E-state index >= 15 is 0 Å². The van der Waals surface area contributed by atoms with Crippen molar-refractivity contribution in [1.82, 2.24) is 0 Å². The maximum atomic E-state index is 10.7. The predicted octanol–water partition coefficient (Wildman–Crippen LogP) is 0.826. The Balaban J connectivity index is 0.000001000. The summed E-state index contributed by atoms with van der Waals surface area (Å²) in [7, 11) is 1.92. The lowest BCUT2D eigenvalue weighted by Gasteiger charge is -1.90. The molecular formula is C8H11NO+2. The Morgan fingerprint density at radius 1 is 1.50 bits per heavy atom. The molecule has 1 heterocycles. The summed E-state index contributed by atoms with van der Waals surface area (Å²) >= 11 is 0. The molecule has 0 aliphatic rings. The van der Waals surface area contributed by atoms with Crippen LogP contribution in [0, 0.1) is 0 Å². The maximum Gasteiger partial charge on any atom is 1.00 e. The second-order valence-electron chi connectivity index (χ2n) is 2.31. The molecule has 0 N–H and O–H groups in total. The van der Waals surface area contributed by atoms with E-state index in [1.165, 1.54) is 0 Å². The summed E-state index contributed by atoms with van der Waals surface area (Å²) in [4.78, 5) is 10.7. The summed E-state index contributed by atoms with van der Waals surface area (Å²) in [6, 6.07) is 3.62. The molecule has 2 heteroatoms. The summed E-state index contributed by atoms with van der Waals surface area (Å²) in [6.07, 6.45) is 3.72. The zero-order valence-electron chi connectivity index (χ0n) is 7.16. The monoisotopic (exact) mass is 137 g/mol. The van der Waals surface area contributed by atoms with Crippen LogP contribution < -0.4 is 4.57 Å². The first-order valence-electron chi connectivity index (χ1n) is 3.16. The molecule has 0 saturated heterocycles. The van der Waals surface area contributed by atoms with Gasteiger partial charge in [0.2, 0.25) is 0 Å². The number of carbonyl (C=O) groups excluding carboxylic acids is 1. The van der Waals surface area contributed by atoms with Gasteiger partial charge in [-0.05, 0) is 6.92 Å². The second kappa shape index (κ2) is 2.60. The van der Waals surface area contributed by atoms with E-state index in [0.29, 0.717) is 0 Å². The fourth-order valence-corrected chi connectivity index (χ4v) is 0.736. The number of aryl methyl sites for hydroxylation is 1. The number of ketones is 1. The summed E-state index contributed by atoms with van der Waals surface area (Å²) in [5, 5.41) is 0. The first-order valence-corrected chi connectivity index (χ1v) is 3.16. The molecule has 10 heavy (non-hydrogen) atoms. The van der Waals surface area contributed by atoms with E-state index in [9.17, 15) is 4.79 Å². The molecular weight excluding hydrogens is 126 g/mol. The van der Waals surface area contributed by atoms with Gasteiger partial charge in [-0.1, -0.05) is 0 Å². The van der Waals surface area contributed by atoms with E-state index in [-0.39, 0.29) is 7.21 Å². The van der Waals surface area contributed by atoms with E-state index in [2.05, 4.69) is 0 Å². The fraction of sp³-hybridized carbons (Fsp3) is 0.250. The van der Waals surface area contributed by atoms with Crippen LogP contribution in [0.4, 0.5) is 0 Å². The smallest absolute Gasteiger partial charge is 0.295 e.